The van der Waals surface area contributed by atoms with Crippen LogP contribution < -0.4 is 9.80 Å². The predicted octanol–water partition coefficient (Wildman–Crippen LogP) is 15.0. The van der Waals surface area contributed by atoms with Gasteiger partial charge in [-0.25, -0.2) is 0 Å². The average molecular weight is 685 g/mol. The fourth-order valence-electron chi connectivity index (χ4n) is 9.62. The lowest BCUT2D eigenvalue weighted by Crippen LogP contribution is -2.12. The first-order valence-electron chi connectivity index (χ1n) is 18.7. The van der Waals surface area contributed by atoms with Gasteiger partial charge in [0.05, 0.1) is 11.4 Å². The quantitative estimate of drug-likeness (QED) is 0.127. The van der Waals surface area contributed by atoms with Crippen LogP contribution in [0, 0.1) is 0 Å². The van der Waals surface area contributed by atoms with Crippen molar-refractivity contribution < 1.29 is 0 Å². The van der Waals surface area contributed by atoms with Crippen molar-refractivity contribution in [2.75, 3.05) is 9.80 Å². The third kappa shape index (κ3) is 3.89. The summed E-state index contributed by atoms with van der Waals surface area (Å²) in [4.78, 5) is 4.93. The van der Waals surface area contributed by atoms with E-state index in [9.17, 15) is 0 Å². The van der Waals surface area contributed by atoms with Crippen LogP contribution in [0.1, 0.15) is 0 Å². The molecule has 0 spiro atoms. The molecule has 0 N–H and O–H groups in total. The van der Waals surface area contributed by atoms with Gasteiger partial charge >= 0.3 is 0 Å². The third-order valence-electron chi connectivity index (χ3n) is 11.6. The minimum Gasteiger partial charge on any atom is -0.309 e. The highest BCUT2D eigenvalue weighted by Crippen LogP contribution is 2.57. The Labute approximate surface area is 312 Å². The molecular weight excluding hydrogens is 653 g/mol. The summed E-state index contributed by atoms with van der Waals surface area (Å²) in [5.74, 6) is 0. The molecule has 0 atom stereocenters. The van der Waals surface area contributed by atoms with E-state index in [4.69, 9.17) is 0 Å². The van der Waals surface area contributed by atoms with Crippen LogP contribution in [0.25, 0.3) is 75.4 Å². The molecule has 0 aliphatic carbocycles. The highest BCUT2D eigenvalue weighted by molar-refractivity contribution is 6.51. The maximum Gasteiger partial charge on any atom is 0.0619 e. The first kappa shape index (κ1) is 29.4. The smallest absolute Gasteiger partial charge is 0.0619 e. The molecule has 0 aromatic heterocycles. The first-order valence-corrected chi connectivity index (χ1v) is 18.7. The first-order chi connectivity index (χ1) is 26.9. The van der Waals surface area contributed by atoms with Gasteiger partial charge in [0.15, 0.2) is 0 Å². The van der Waals surface area contributed by atoms with E-state index in [-0.39, 0.29) is 0 Å². The summed E-state index contributed by atoms with van der Waals surface area (Å²) in [6, 6.07) is 71.2. The maximum absolute atomic E-state index is 2.47. The molecular formula is C52H32N2. The lowest BCUT2D eigenvalue weighted by Gasteiger charge is -2.32. The SMILES string of the molecule is c1ccc(N(c2ccccc2)c2c3cccc4c5cccc6c(N(c7ccccc7)c7ccccc7)c7cccc8c9cccc2c9c(c34)c(c65)c78)cc1. The van der Waals surface area contributed by atoms with Crippen molar-refractivity contribution >= 4 is 110 Å². The van der Waals surface area contributed by atoms with Crippen molar-refractivity contribution in [1.82, 2.24) is 0 Å². The van der Waals surface area contributed by atoms with E-state index in [0.717, 1.165) is 22.7 Å². The van der Waals surface area contributed by atoms with Gasteiger partial charge in [-0.05, 0) is 70.1 Å². The van der Waals surface area contributed by atoms with Crippen molar-refractivity contribution in [2.45, 2.75) is 0 Å². The minimum absolute atomic E-state index is 1.14. The molecule has 0 heterocycles. The van der Waals surface area contributed by atoms with Crippen LogP contribution in [-0.4, -0.2) is 0 Å². The molecule has 0 aliphatic rings. The van der Waals surface area contributed by atoms with Crippen molar-refractivity contribution in [2.24, 2.45) is 0 Å². The van der Waals surface area contributed by atoms with E-state index in [1.54, 1.807) is 0 Å². The molecule has 12 aromatic rings. The van der Waals surface area contributed by atoms with E-state index in [1.807, 2.05) is 0 Å². The zero-order valence-electron chi connectivity index (χ0n) is 29.4. The average Bonchev–Trinajstić information content (AvgIpc) is 3.25. The number of hydrogen-bond acceptors (Lipinski definition) is 2. The second-order valence-corrected chi connectivity index (χ2v) is 14.4. The van der Waals surface area contributed by atoms with Gasteiger partial charge in [0.2, 0.25) is 0 Å². The summed E-state index contributed by atoms with van der Waals surface area (Å²) in [5.41, 5.74) is 6.99. The summed E-state index contributed by atoms with van der Waals surface area (Å²) >= 11 is 0. The van der Waals surface area contributed by atoms with Gasteiger partial charge in [0.1, 0.15) is 0 Å². The van der Waals surface area contributed by atoms with Crippen LogP contribution in [0.3, 0.4) is 0 Å². The van der Waals surface area contributed by atoms with Crippen LogP contribution in [0.15, 0.2) is 194 Å². The van der Waals surface area contributed by atoms with Gasteiger partial charge in [0.25, 0.3) is 0 Å². The monoisotopic (exact) mass is 684 g/mol. The van der Waals surface area contributed by atoms with Crippen LogP contribution >= 0.6 is 0 Å². The number of fused-ring (bicyclic) bond motifs is 2. The molecule has 250 valence electrons. The number of para-hydroxylation sites is 4. The van der Waals surface area contributed by atoms with Gasteiger partial charge < -0.3 is 9.80 Å². The van der Waals surface area contributed by atoms with Gasteiger partial charge in [-0.3, -0.25) is 0 Å². The molecule has 0 amide bonds. The zero-order chi connectivity index (χ0) is 35.3. The topological polar surface area (TPSA) is 6.48 Å². The standard InChI is InChI=1S/C52H32N2/c1-5-17-33(18-6-1)53(34-19-7-2-8-20-34)51-41-29-13-25-37-39-27-15-31-43-47(39)50-48-40(38-26-14-30-42(51)46(38)49(50)45(37)41)28-16-32-44(48)52(43)54(35-21-9-3-10-22-35)36-23-11-4-12-24-36/h1-32H. The summed E-state index contributed by atoms with van der Waals surface area (Å²) < 4.78 is 0. The van der Waals surface area contributed by atoms with Crippen molar-refractivity contribution in [3.63, 3.8) is 0 Å². The Morgan fingerprint density at radius 1 is 0.185 bits per heavy atom. The Morgan fingerprint density at radius 2 is 0.407 bits per heavy atom. The van der Waals surface area contributed by atoms with Gasteiger partial charge in [-0.15, -0.1) is 0 Å². The summed E-state index contributed by atoms with van der Waals surface area (Å²) in [5, 5.41) is 18.2. The molecule has 0 aliphatic heterocycles. The Bertz CT molecular complexity index is 2860. The lowest BCUT2D eigenvalue weighted by molar-refractivity contribution is 1.31. The summed E-state index contributed by atoms with van der Waals surface area (Å²) in [6.07, 6.45) is 0. The number of benzene rings is 12. The normalized spacial score (nSPS) is 12.1. The molecule has 12 aromatic carbocycles. The van der Waals surface area contributed by atoms with Gasteiger partial charge in [-0.1, -0.05) is 146 Å². The summed E-state index contributed by atoms with van der Waals surface area (Å²) in [7, 11) is 0. The zero-order valence-corrected chi connectivity index (χ0v) is 29.4. The fraction of sp³-hybridized carbons (Fsp3) is 0. The van der Waals surface area contributed by atoms with Crippen molar-refractivity contribution in [3.05, 3.63) is 194 Å². The molecule has 54 heavy (non-hydrogen) atoms. The van der Waals surface area contributed by atoms with Crippen LogP contribution in [0.5, 0.6) is 0 Å². The third-order valence-corrected chi connectivity index (χ3v) is 11.6. The van der Waals surface area contributed by atoms with Crippen LogP contribution in [-0.2, 0) is 0 Å². The van der Waals surface area contributed by atoms with Crippen molar-refractivity contribution in [3.8, 4) is 0 Å². The lowest BCUT2D eigenvalue weighted by atomic mass is 9.79. The summed E-state index contributed by atoms with van der Waals surface area (Å²) in [6.45, 7) is 0. The molecule has 0 saturated carbocycles. The van der Waals surface area contributed by atoms with Crippen LogP contribution in [0.4, 0.5) is 34.1 Å². The molecule has 0 bridgehead atoms. The van der Waals surface area contributed by atoms with E-state index in [2.05, 4.69) is 204 Å². The molecule has 12 rings (SSSR count). The Morgan fingerprint density at radius 3 is 0.648 bits per heavy atom. The molecule has 2 nitrogen and oxygen atoms in total. The minimum atomic E-state index is 1.14. The largest absolute Gasteiger partial charge is 0.309 e. The Balaban J connectivity index is 1.33. The Kier molecular flexibility index (Phi) is 6.09. The van der Waals surface area contributed by atoms with E-state index in [0.29, 0.717) is 0 Å². The molecule has 2 heteroatoms. The molecule has 0 saturated heterocycles. The van der Waals surface area contributed by atoms with Gasteiger partial charge in [-0.2, -0.15) is 0 Å². The molecule has 0 radical (unpaired) electrons. The highest BCUT2D eigenvalue weighted by Gasteiger charge is 2.30. The van der Waals surface area contributed by atoms with Gasteiger partial charge in [0, 0.05) is 76.6 Å². The van der Waals surface area contributed by atoms with E-state index in [1.165, 1.54) is 86.8 Å². The second-order valence-electron chi connectivity index (χ2n) is 14.4. The number of hydrogen-bond donors (Lipinski definition) is 0. The fourth-order valence-corrected chi connectivity index (χ4v) is 9.62. The molecule has 0 unspecified atom stereocenters. The number of nitrogens with zero attached hydrogens (tertiary/aromatic N) is 2. The second kappa shape index (κ2) is 11.2. The molecule has 0 fully saturated rings. The van der Waals surface area contributed by atoms with Crippen LogP contribution in [0.2, 0.25) is 0 Å². The predicted molar refractivity (Wildman–Crippen MR) is 232 cm³/mol. The van der Waals surface area contributed by atoms with E-state index < -0.39 is 0 Å². The van der Waals surface area contributed by atoms with Crippen molar-refractivity contribution in [1.29, 1.82) is 0 Å². The number of rotatable bonds is 6. The van der Waals surface area contributed by atoms with E-state index >= 15 is 0 Å². The number of anilines is 6. The Hall–Kier alpha value is -7.16. The highest BCUT2D eigenvalue weighted by atomic mass is 15.2. The maximum atomic E-state index is 2.47.